The Morgan fingerprint density at radius 2 is 1.77 bits per heavy atom. The highest BCUT2D eigenvalue weighted by Crippen LogP contribution is 2.39. The summed E-state index contributed by atoms with van der Waals surface area (Å²) in [5.74, 6) is 0.736. The molecule has 3 rings (SSSR count). The second-order valence-electron chi connectivity index (χ2n) is 6.05. The molecule has 0 heterocycles. The molecule has 2 atom stereocenters. The number of nitrogens with one attached hydrogen (secondary N) is 1. The molecule has 0 saturated heterocycles. The highest BCUT2D eigenvalue weighted by molar-refractivity contribution is 5.90. The number of rotatable bonds is 4. The SMILES string of the molecule is O=C(C[C@@H]1CC[C@@H](c2ccccc2)C1)Nc1ccc(F)cc1. The van der Waals surface area contributed by atoms with E-state index in [0.29, 0.717) is 23.9 Å². The van der Waals surface area contributed by atoms with Crippen LogP contribution in [0.15, 0.2) is 54.6 Å². The molecular formula is C19H20FNO. The molecule has 2 aromatic carbocycles. The van der Waals surface area contributed by atoms with Crippen molar-refractivity contribution in [2.75, 3.05) is 5.32 Å². The van der Waals surface area contributed by atoms with E-state index in [0.717, 1.165) is 19.3 Å². The van der Waals surface area contributed by atoms with Gasteiger partial charge in [-0.05, 0) is 60.9 Å². The van der Waals surface area contributed by atoms with Gasteiger partial charge in [0.05, 0.1) is 0 Å². The Hall–Kier alpha value is -2.16. The van der Waals surface area contributed by atoms with E-state index in [1.807, 2.05) is 6.07 Å². The van der Waals surface area contributed by atoms with Gasteiger partial charge in [0.2, 0.25) is 5.91 Å². The zero-order chi connectivity index (χ0) is 15.4. The van der Waals surface area contributed by atoms with Gasteiger partial charge in [-0.1, -0.05) is 30.3 Å². The molecule has 1 saturated carbocycles. The number of halogens is 1. The van der Waals surface area contributed by atoms with Gasteiger partial charge in [-0.25, -0.2) is 4.39 Å². The number of anilines is 1. The smallest absolute Gasteiger partial charge is 0.224 e. The fraction of sp³-hybridized carbons (Fsp3) is 0.316. The maximum absolute atomic E-state index is 12.8. The van der Waals surface area contributed by atoms with Crippen LogP contribution in [-0.2, 0) is 4.79 Å². The summed E-state index contributed by atoms with van der Waals surface area (Å²) in [6.07, 6.45) is 3.86. The lowest BCUT2D eigenvalue weighted by Gasteiger charge is -2.12. The Morgan fingerprint density at radius 1 is 1.05 bits per heavy atom. The first-order valence-corrected chi connectivity index (χ1v) is 7.81. The summed E-state index contributed by atoms with van der Waals surface area (Å²) in [7, 11) is 0. The second kappa shape index (κ2) is 6.73. The first kappa shape index (κ1) is 14.8. The minimum Gasteiger partial charge on any atom is -0.326 e. The largest absolute Gasteiger partial charge is 0.326 e. The van der Waals surface area contributed by atoms with Gasteiger partial charge >= 0.3 is 0 Å². The lowest BCUT2D eigenvalue weighted by atomic mass is 9.95. The molecule has 1 aliphatic carbocycles. The third-order valence-electron chi connectivity index (χ3n) is 4.41. The van der Waals surface area contributed by atoms with E-state index in [2.05, 4.69) is 29.6 Å². The molecular weight excluding hydrogens is 277 g/mol. The quantitative estimate of drug-likeness (QED) is 0.867. The van der Waals surface area contributed by atoms with Crippen LogP contribution in [0.1, 0.15) is 37.2 Å². The Balaban J connectivity index is 1.51. The highest BCUT2D eigenvalue weighted by Gasteiger charge is 2.27. The Kier molecular flexibility index (Phi) is 4.52. The van der Waals surface area contributed by atoms with Crippen molar-refractivity contribution in [3.05, 3.63) is 66.0 Å². The third kappa shape index (κ3) is 3.73. The number of carbonyl (C=O) groups excluding carboxylic acids is 1. The Morgan fingerprint density at radius 3 is 2.50 bits per heavy atom. The van der Waals surface area contributed by atoms with E-state index in [4.69, 9.17) is 0 Å². The number of benzene rings is 2. The minimum absolute atomic E-state index is 0.0188. The van der Waals surface area contributed by atoms with Gasteiger partial charge in [0.1, 0.15) is 5.82 Å². The number of carbonyl (C=O) groups is 1. The summed E-state index contributed by atoms with van der Waals surface area (Å²) in [4.78, 5) is 12.1. The van der Waals surface area contributed by atoms with Crippen LogP contribution in [0.2, 0.25) is 0 Å². The predicted octanol–water partition coefficient (Wildman–Crippen LogP) is 4.74. The van der Waals surface area contributed by atoms with E-state index in [1.165, 1.54) is 17.7 Å². The van der Waals surface area contributed by atoms with Crippen LogP contribution in [0.4, 0.5) is 10.1 Å². The third-order valence-corrected chi connectivity index (χ3v) is 4.41. The number of hydrogen-bond acceptors (Lipinski definition) is 1. The van der Waals surface area contributed by atoms with Gasteiger partial charge in [0, 0.05) is 12.1 Å². The average molecular weight is 297 g/mol. The van der Waals surface area contributed by atoms with Crippen molar-refractivity contribution >= 4 is 11.6 Å². The summed E-state index contributed by atoms with van der Waals surface area (Å²) < 4.78 is 12.8. The lowest BCUT2D eigenvalue weighted by Crippen LogP contribution is -2.15. The monoisotopic (exact) mass is 297 g/mol. The van der Waals surface area contributed by atoms with E-state index >= 15 is 0 Å². The first-order valence-electron chi connectivity index (χ1n) is 7.81. The molecule has 0 aromatic heterocycles. The lowest BCUT2D eigenvalue weighted by molar-refractivity contribution is -0.117. The molecule has 3 heteroatoms. The van der Waals surface area contributed by atoms with Crippen molar-refractivity contribution in [1.29, 1.82) is 0 Å². The Labute approximate surface area is 130 Å². The van der Waals surface area contributed by atoms with Gasteiger partial charge in [-0.15, -0.1) is 0 Å². The van der Waals surface area contributed by atoms with Crippen LogP contribution in [0.3, 0.4) is 0 Å². The fourth-order valence-electron chi connectivity index (χ4n) is 3.30. The van der Waals surface area contributed by atoms with Crippen LogP contribution >= 0.6 is 0 Å². The molecule has 1 N–H and O–H groups in total. The number of hydrogen-bond donors (Lipinski definition) is 1. The molecule has 114 valence electrons. The number of amides is 1. The molecule has 2 nitrogen and oxygen atoms in total. The fourth-order valence-corrected chi connectivity index (χ4v) is 3.30. The van der Waals surface area contributed by atoms with Gasteiger partial charge in [0.25, 0.3) is 0 Å². The molecule has 0 radical (unpaired) electrons. The summed E-state index contributed by atoms with van der Waals surface area (Å²) in [6, 6.07) is 16.4. The van der Waals surface area contributed by atoms with Crippen molar-refractivity contribution in [1.82, 2.24) is 0 Å². The van der Waals surface area contributed by atoms with Crippen LogP contribution in [-0.4, -0.2) is 5.91 Å². The van der Waals surface area contributed by atoms with Crippen molar-refractivity contribution in [2.24, 2.45) is 5.92 Å². The standard InChI is InChI=1S/C19H20FNO/c20-17-8-10-18(11-9-17)21-19(22)13-14-6-7-16(12-14)15-4-2-1-3-5-15/h1-5,8-11,14,16H,6-7,12-13H2,(H,21,22)/t14-,16-/m1/s1. The zero-order valence-corrected chi connectivity index (χ0v) is 12.5. The van der Waals surface area contributed by atoms with Crippen molar-refractivity contribution in [2.45, 2.75) is 31.6 Å². The molecule has 1 aliphatic rings. The van der Waals surface area contributed by atoms with Crippen molar-refractivity contribution < 1.29 is 9.18 Å². The molecule has 2 aromatic rings. The summed E-state index contributed by atoms with van der Waals surface area (Å²) in [6.45, 7) is 0. The summed E-state index contributed by atoms with van der Waals surface area (Å²) >= 11 is 0. The van der Waals surface area contributed by atoms with E-state index in [1.54, 1.807) is 12.1 Å². The molecule has 0 bridgehead atoms. The van der Waals surface area contributed by atoms with Crippen molar-refractivity contribution in [3.8, 4) is 0 Å². The van der Waals surface area contributed by atoms with Gasteiger partial charge in [0.15, 0.2) is 0 Å². The van der Waals surface area contributed by atoms with Gasteiger partial charge < -0.3 is 5.32 Å². The molecule has 0 spiro atoms. The highest BCUT2D eigenvalue weighted by atomic mass is 19.1. The van der Waals surface area contributed by atoms with Crippen LogP contribution in [0, 0.1) is 11.7 Å². The van der Waals surface area contributed by atoms with Gasteiger partial charge in [-0.2, -0.15) is 0 Å². The topological polar surface area (TPSA) is 29.1 Å². The molecule has 1 fully saturated rings. The van der Waals surface area contributed by atoms with Crippen LogP contribution in [0.25, 0.3) is 0 Å². The average Bonchev–Trinajstić information content (AvgIpc) is 2.99. The maximum atomic E-state index is 12.8. The molecule has 0 unspecified atom stereocenters. The maximum Gasteiger partial charge on any atom is 0.224 e. The van der Waals surface area contributed by atoms with E-state index in [9.17, 15) is 9.18 Å². The second-order valence-corrected chi connectivity index (χ2v) is 6.05. The van der Waals surface area contributed by atoms with Crippen LogP contribution in [0.5, 0.6) is 0 Å². The predicted molar refractivity (Wildman–Crippen MR) is 86.2 cm³/mol. The molecule has 22 heavy (non-hydrogen) atoms. The molecule has 1 amide bonds. The van der Waals surface area contributed by atoms with Crippen LogP contribution < -0.4 is 5.32 Å². The normalized spacial score (nSPS) is 20.8. The Bertz CT molecular complexity index is 624. The van der Waals surface area contributed by atoms with E-state index < -0.39 is 0 Å². The molecule has 0 aliphatic heterocycles. The first-order chi connectivity index (χ1) is 10.7. The van der Waals surface area contributed by atoms with Gasteiger partial charge in [-0.3, -0.25) is 4.79 Å². The summed E-state index contributed by atoms with van der Waals surface area (Å²) in [5.41, 5.74) is 2.04. The van der Waals surface area contributed by atoms with Crippen molar-refractivity contribution in [3.63, 3.8) is 0 Å². The zero-order valence-electron chi connectivity index (χ0n) is 12.5. The minimum atomic E-state index is -0.292. The van der Waals surface area contributed by atoms with E-state index in [-0.39, 0.29) is 11.7 Å². The summed E-state index contributed by atoms with van der Waals surface area (Å²) in [5, 5.41) is 2.85.